The van der Waals surface area contributed by atoms with Gasteiger partial charge in [-0.05, 0) is 29.8 Å². The van der Waals surface area contributed by atoms with E-state index in [4.69, 9.17) is 21.1 Å². The molecule has 0 spiro atoms. The highest BCUT2D eigenvalue weighted by molar-refractivity contribution is 6.31. The number of benzene rings is 2. The van der Waals surface area contributed by atoms with Gasteiger partial charge in [-0.15, -0.1) is 0 Å². The van der Waals surface area contributed by atoms with Gasteiger partial charge in [0.25, 0.3) is 0 Å². The average Bonchev–Trinajstić information content (AvgIpc) is 2.61. The lowest BCUT2D eigenvalue weighted by Crippen LogP contribution is -2.25. The molecule has 0 saturated carbocycles. The lowest BCUT2D eigenvalue weighted by Gasteiger charge is -2.21. The molecule has 24 heavy (non-hydrogen) atoms. The van der Waals surface area contributed by atoms with Gasteiger partial charge in [0.05, 0.1) is 11.1 Å². The molecule has 1 atom stereocenters. The molecule has 0 bridgehead atoms. The Labute approximate surface area is 144 Å². The lowest BCUT2D eigenvalue weighted by molar-refractivity contribution is -0.138. The standard InChI is InChI=1S/C19H15ClO4/c20-16-8-4-7-15(10-16)17-9-13(12-24-19(17)22)11-23-18(21)14-5-2-1-3-6-14/h1-10,13H,11-12H2. The highest BCUT2D eigenvalue weighted by atomic mass is 35.5. The number of ether oxygens (including phenoxy) is 2. The topological polar surface area (TPSA) is 52.6 Å². The van der Waals surface area contributed by atoms with Crippen molar-refractivity contribution in [2.75, 3.05) is 13.2 Å². The number of rotatable bonds is 4. The number of esters is 2. The van der Waals surface area contributed by atoms with E-state index in [1.807, 2.05) is 6.07 Å². The predicted octanol–water partition coefficient (Wildman–Crippen LogP) is 3.75. The third-order valence-electron chi connectivity index (χ3n) is 3.62. The molecule has 0 saturated heterocycles. The predicted molar refractivity (Wildman–Crippen MR) is 90.6 cm³/mol. The fourth-order valence-electron chi connectivity index (χ4n) is 2.42. The number of hydrogen-bond acceptors (Lipinski definition) is 4. The Morgan fingerprint density at radius 2 is 1.96 bits per heavy atom. The van der Waals surface area contributed by atoms with E-state index in [1.165, 1.54) is 0 Å². The van der Waals surface area contributed by atoms with Crippen molar-refractivity contribution in [3.63, 3.8) is 0 Å². The molecule has 0 N–H and O–H groups in total. The molecular weight excluding hydrogens is 328 g/mol. The Morgan fingerprint density at radius 1 is 1.17 bits per heavy atom. The average molecular weight is 343 g/mol. The van der Waals surface area contributed by atoms with E-state index in [2.05, 4.69) is 0 Å². The van der Waals surface area contributed by atoms with Gasteiger partial charge in [0.2, 0.25) is 0 Å². The molecule has 0 radical (unpaired) electrons. The van der Waals surface area contributed by atoms with Gasteiger partial charge < -0.3 is 9.47 Å². The quantitative estimate of drug-likeness (QED) is 0.794. The molecule has 0 aromatic heterocycles. The maximum absolute atomic E-state index is 12.0. The van der Waals surface area contributed by atoms with Crippen molar-refractivity contribution in [2.45, 2.75) is 0 Å². The Balaban J connectivity index is 1.70. The number of hydrogen-bond donors (Lipinski definition) is 0. The summed E-state index contributed by atoms with van der Waals surface area (Å²) in [6.45, 7) is 0.329. The number of carbonyl (C=O) groups is 2. The zero-order valence-corrected chi connectivity index (χ0v) is 13.5. The van der Waals surface area contributed by atoms with Crippen LogP contribution in [0.2, 0.25) is 5.02 Å². The lowest BCUT2D eigenvalue weighted by atomic mass is 9.98. The van der Waals surface area contributed by atoms with Crippen molar-refractivity contribution in [3.8, 4) is 0 Å². The summed E-state index contributed by atoms with van der Waals surface area (Å²) in [5.41, 5.74) is 1.61. The van der Waals surface area contributed by atoms with Gasteiger partial charge in [0.1, 0.15) is 13.2 Å². The van der Waals surface area contributed by atoms with Gasteiger partial charge in [0, 0.05) is 10.9 Å². The summed E-state index contributed by atoms with van der Waals surface area (Å²) in [5, 5.41) is 0.541. The maximum Gasteiger partial charge on any atom is 0.338 e. The van der Waals surface area contributed by atoms with Crippen molar-refractivity contribution >= 4 is 29.1 Å². The molecule has 1 aliphatic heterocycles. The van der Waals surface area contributed by atoms with E-state index in [1.54, 1.807) is 54.6 Å². The Morgan fingerprint density at radius 3 is 2.71 bits per heavy atom. The van der Waals surface area contributed by atoms with Crippen LogP contribution in [-0.4, -0.2) is 25.2 Å². The highest BCUT2D eigenvalue weighted by Gasteiger charge is 2.24. The summed E-state index contributed by atoms with van der Waals surface area (Å²) < 4.78 is 10.5. The van der Waals surface area contributed by atoms with Crippen molar-refractivity contribution in [3.05, 3.63) is 76.8 Å². The van der Waals surface area contributed by atoms with E-state index in [9.17, 15) is 9.59 Å². The normalized spacial score (nSPS) is 17.0. The molecule has 5 heteroatoms. The van der Waals surface area contributed by atoms with Crippen molar-refractivity contribution < 1.29 is 19.1 Å². The van der Waals surface area contributed by atoms with Gasteiger partial charge in [0.15, 0.2) is 0 Å². The van der Waals surface area contributed by atoms with Crippen LogP contribution < -0.4 is 0 Å². The Kier molecular flexibility index (Phi) is 4.96. The van der Waals surface area contributed by atoms with E-state index in [0.29, 0.717) is 21.7 Å². The fraction of sp³-hybridized carbons (Fsp3) is 0.158. The summed E-state index contributed by atoms with van der Waals surface area (Å²) in [7, 11) is 0. The first kappa shape index (κ1) is 16.3. The smallest absolute Gasteiger partial charge is 0.338 e. The van der Waals surface area contributed by atoms with Crippen molar-refractivity contribution in [1.29, 1.82) is 0 Å². The van der Waals surface area contributed by atoms with Crippen LogP contribution in [0.25, 0.3) is 5.57 Å². The summed E-state index contributed by atoms with van der Waals surface area (Å²) in [6.07, 6.45) is 1.77. The summed E-state index contributed by atoms with van der Waals surface area (Å²) >= 11 is 5.97. The maximum atomic E-state index is 12.0. The molecule has 1 aliphatic rings. The first-order chi connectivity index (χ1) is 11.6. The van der Waals surface area contributed by atoms with E-state index >= 15 is 0 Å². The van der Waals surface area contributed by atoms with Crippen LogP contribution in [0.1, 0.15) is 15.9 Å². The number of cyclic esters (lactones) is 1. The largest absolute Gasteiger partial charge is 0.461 e. The Bertz CT molecular complexity index is 783. The molecule has 1 heterocycles. The van der Waals surface area contributed by atoms with Gasteiger partial charge in [-0.3, -0.25) is 0 Å². The van der Waals surface area contributed by atoms with Crippen molar-refractivity contribution in [2.24, 2.45) is 5.92 Å². The molecule has 0 aliphatic carbocycles. The van der Waals surface area contributed by atoms with Gasteiger partial charge >= 0.3 is 11.9 Å². The molecule has 1 unspecified atom stereocenters. The summed E-state index contributed by atoms with van der Waals surface area (Å²) in [6, 6.07) is 15.8. The molecule has 0 amide bonds. The zero-order valence-electron chi connectivity index (χ0n) is 12.8. The summed E-state index contributed by atoms with van der Waals surface area (Å²) in [4.78, 5) is 23.9. The Hall–Kier alpha value is -2.59. The third-order valence-corrected chi connectivity index (χ3v) is 3.86. The molecule has 0 fully saturated rings. The van der Waals surface area contributed by atoms with Crippen LogP contribution >= 0.6 is 11.6 Å². The fourth-order valence-corrected chi connectivity index (χ4v) is 2.61. The monoisotopic (exact) mass is 342 g/mol. The minimum atomic E-state index is -0.400. The van der Waals surface area contributed by atoms with Gasteiger partial charge in [-0.2, -0.15) is 0 Å². The van der Waals surface area contributed by atoms with E-state index in [-0.39, 0.29) is 19.1 Å². The van der Waals surface area contributed by atoms with E-state index < -0.39 is 11.9 Å². The first-order valence-corrected chi connectivity index (χ1v) is 7.88. The SMILES string of the molecule is O=C1OCC(COC(=O)c2ccccc2)C=C1c1cccc(Cl)c1. The number of halogens is 1. The first-order valence-electron chi connectivity index (χ1n) is 7.50. The minimum absolute atomic E-state index is 0.144. The highest BCUT2D eigenvalue weighted by Crippen LogP contribution is 2.25. The third kappa shape index (κ3) is 3.84. The molecule has 122 valence electrons. The molecule has 4 nitrogen and oxygen atoms in total. The molecular formula is C19H15ClO4. The van der Waals surface area contributed by atoms with Crippen LogP contribution in [0, 0.1) is 5.92 Å². The zero-order chi connectivity index (χ0) is 16.9. The second-order valence-electron chi connectivity index (χ2n) is 5.41. The van der Waals surface area contributed by atoms with Crippen LogP contribution in [0.5, 0.6) is 0 Å². The molecule has 2 aromatic rings. The van der Waals surface area contributed by atoms with Crippen LogP contribution in [-0.2, 0) is 14.3 Å². The second-order valence-corrected chi connectivity index (χ2v) is 5.85. The van der Waals surface area contributed by atoms with Crippen molar-refractivity contribution in [1.82, 2.24) is 0 Å². The number of carbonyl (C=O) groups excluding carboxylic acids is 2. The van der Waals surface area contributed by atoms with Gasteiger partial charge in [-0.1, -0.05) is 48.0 Å². The van der Waals surface area contributed by atoms with Crippen LogP contribution in [0.3, 0.4) is 0 Å². The molecule has 2 aromatic carbocycles. The minimum Gasteiger partial charge on any atom is -0.461 e. The summed E-state index contributed by atoms with van der Waals surface area (Å²) in [5.74, 6) is -0.988. The second kappa shape index (κ2) is 7.32. The molecule has 3 rings (SSSR count). The van der Waals surface area contributed by atoms with Crippen LogP contribution in [0.15, 0.2) is 60.7 Å². The van der Waals surface area contributed by atoms with Crippen LogP contribution in [0.4, 0.5) is 0 Å². The van der Waals surface area contributed by atoms with Gasteiger partial charge in [-0.25, -0.2) is 9.59 Å². The van der Waals surface area contributed by atoms with E-state index in [0.717, 1.165) is 0 Å².